The largest absolute Gasteiger partial charge is 0.342 e. The summed E-state index contributed by atoms with van der Waals surface area (Å²) in [5.74, 6) is -1.41. The number of nitrogens with one attached hydrogen (secondary N) is 1. The molecule has 30 heavy (non-hydrogen) atoms. The number of hydrogen-bond acceptors (Lipinski definition) is 4. The molecule has 1 aliphatic carbocycles. The minimum Gasteiger partial charge on any atom is -0.342 e. The van der Waals surface area contributed by atoms with Gasteiger partial charge in [0.1, 0.15) is 11.8 Å². The van der Waals surface area contributed by atoms with E-state index in [0.717, 1.165) is 5.56 Å². The van der Waals surface area contributed by atoms with Gasteiger partial charge in [-0.25, -0.2) is 4.76 Å². The highest BCUT2D eigenvalue weighted by Crippen LogP contribution is 2.48. The minimum absolute atomic E-state index is 0.187. The van der Waals surface area contributed by atoms with Gasteiger partial charge in [0.05, 0.1) is 16.4 Å². The predicted molar refractivity (Wildman–Crippen MR) is 126 cm³/mol. The van der Waals surface area contributed by atoms with Crippen LogP contribution in [0.25, 0.3) is 0 Å². The molecule has 0 spiro atoms. The van der Waals surface area contributed by atoms with Crippen LogP contribution in [-0.4, -0.2) is 24.1 Å². The van der Waals surface area contributed by atoms with E-state index in [1.54, 1.807) is 37.0 Å². The van der Waals surface area contributed by atoms with Crippen LogP contribution in [0.3, 0.4) is 0 Å². The van der Waals surface area contributed by atoms with E-state index in [1.807, 2.05) is 59.7 Å². The third-order valence-corrected chi connectivity index (χ3v) is 7.07. The van der Waals surface area contributed by atoms with Crippen LogP contribution in [0.4, 0.5) is 5.69 Å². The minimum atomic E-state index is -3.06. The van der Waals surface area contributed by atoms with Gasteiger partial charge in [0.15, 0.2) is 11.6 Å². The van der Waals surface area contributed by atoms with Crippen LogP contribution in [0.1, 0.15) is 57.5 Å². The van der Waals surface area contributed by atoms with Gasteiger partial charge in [0, 0.05) is 12.2 Å². The average molecular weight is 426 g/mol. The SMILES string of the molecule is CC.CC.CC1(C)C(=O)C(C2=NP(C)(=O)c3ccccc3N2)C(=O)c2ccccc21. The van der Waals surface area contributed by atoms with E-state index < -0.39 is 18.6 Å². The molecular weight excluding hydrogens is 395 g/mol. The molecular formula is C24H31N2O3P. The Morgan fingerprint density at radius 1 is 0.933 bits per heavy atom. The van der Waals surface area contributed by atoms with E-state index in [0.29, 0.717) is 16.6 Å². The fourth-order valence-electron chi connectivity index (χ4n) is 3.75. The number of fused-ring (bicyclic) bond motifs is 2. The van der Waals surface area contributed by atoms with Crippen molar-refractivity contribution in [3.63, 3.8) is 0 Å². The van der Waals surface area contributed by atoms with Gasteiger partial charge in [-0.15, -0.1) is 0 Å². The Balaban J connectivity index is 0.000000757. The van der Waals surface area contributed by atoms with Gasteiger partial charge < -0.3 is 5.32 Å². The molecule has 0 bridgehead atoms. The van der Waals surface area contributed by atoms with Crippen molar-refractivity contribution in [1.82, 2.24) is 0 Å². The Bertz CT molecular complexity index is 1040. The number of nitrogens with zero attached hydrogens (tertiary/aromatic N) is 1. The van der Waals surface area contributed by atoms with Gasteiger partial charge in [-0.2, -0.15) is 0 Å². The summed E-state index contributed by atoms with van der Waals surface area (Å²) in [7, 11) is -3.06. The fraction of sp³-hybridized carbons (Fsp3) is 0.375. The molecule has 2 aromatic carbocycles. The molecule has 0 saturated carbocycles. The molecule has 1 aliphatic heterocycles. The Morgan fingerprint density at radius 2 is 1.50 bits per heavy atom. The summed E-state index contributed by atoms with van der Waals surface area (Å²) in [5.41, 5.74) is 1.06. The highest BCUT2D eigenvalue weighted by atomic mass is 31.2. The van der Waals surface area contributed by atoms with Crippen molar-refractivity contribution in [3.8, 4) is 0 Å². The Labute approximate surface area is 179 Å². The summed E-state index contributed by atoms with van der Waals surface area (Å²) >= 11 is 0. The maximum atomic E-state index is 13.2. The van der Waals surface area contributed by atoms with Crippen molar-refractivity contribution >= 4 is 35.7 Å². The zero-order valence-electron chi connectivity index (χ0n) is 18.8. The van der Waals surface area contributed by atoms with Gasteiger partial charge in [-0.1, -0.05) is 64.1 Å². The first kappa shape index (κ1) is 23.8. The monoisotopic (exact) mass is 426 g/mol. The Hall–Kier alpha value is -2.52. The quantitative estimate of drug-likeness (QED) is 0.486. The van der Waals surface area contributed by atoms with Crippen LogP contribution in [0.15, 0.2) is 53.3 Å². The van der Waals surface area contributed by atoms with Crippen LogP contribution in [0.5, 0.6) is 0 Å². The first-order valence-electron chi connectivity index (χ1n) is 10.5. The smallest absolute Gasteiger partial charge is 0.219 e. The lowest BCUT2D eigenvalue weighted by Crippen LogP contribution is -2.50. The number of carbonyl (C=O) groups is 2. The second-order valence-electron chi connectivity index (χ2n) is 7.34. The van der Waals surface area contributed by atoms with Crippen molar-refractivity contribution in [2.45, 2.75) is 47.0 Å². The zero-order chi connectivity index (χ0) is 22.7. The summed E-state index contributed by atoms with van der Waals surface area (Å²) < 4.78 is 17.4. The number of carbonyl (C=O) groups excluding carboxylic acids is 2. The molecule has 1 N–H and O–H groups in total. The summed E-state index contributed by atoms with van der Waals surface area (Å²) in [4.78, 5) is 26.3. The number of amidine groups is 1. The third kappa shape index (κ3) is 3.91. The summed E-state index contributed by atoms with van der Waals surface area (Å²) in [6.45, 7) is 13.2. The number of anilines is 1. The lowest BCUT2D eigenvalue weighted by atomic mass is 9.66. The van der Waals surface area contributed by atoms with E-state index in [9.17, 15) is 14.2 Å². The van der Waals surface area contributed by atoms with Gasteiger partial charge in [-0.05, 0) is 31.5 Å². The summed E-state index contributed by atoms with van der Waals surface area (Å²) in [6, 6.07) is 14.3. The molecule has 5 nitrogen and oxygen atoms in total. The van der Waals surface area contributed by atoms with E-state index >= 15 is 0 Å². The molecule has 0 saturated heterocycles. The van der Waals surface area contributed by atoms with Gasteiger partial charge in [0.2, 0.25) is 7.29 Å². The Kier molecular flexibility index (Phi) is 7.20. The maximum Gasteiger partial charge on any atom is 0.219 e. The van der Waals surface area contributed by atoms with E-state index in [2.05, 4.69) is 10.1 Å². The molecule has 0 radical (unpaired) electrons. The number of ketones is 2. The summed E-state index contributed by atoms with van der Waals surface area (Å²) in [5, 5.41) is 3.70. The predicted octanol–water partition coefficient (Wildman–Crippen LogP) is 5.46. The normalized spacial score (nSPS) is 23.3. The highest BCUT2D eigenvalue weighted by Gasteiger charge is 2.49. The number of rotatable bonds is 1. The van der Waals surface area contributed by atoms with Crippen LogP contribution >= 0.6 is 7.29 Å². The lowest BCUT2D eigenvalue weighted by molar-refractivity contribution is -0.124. The van der Waals surface area contributed by atoms with Crippen LogP contribution < -0.4 is 10.6 Å². The molecule has 2 unspecified atom stereocenters. The highest BCUT2D eigenvalue weighted by molar-refractivity contribution is 7.70. The van der Waals surface area contributed by atoms with E-state index in [4.69, 9.17) is 0 Å². The van der Waals surface area contributed by atoms with Crippen molar-refractivity contribution in [2.75, 3.05) is 12.0 Å². The first-order valence-corrected chi connectivity index (χ1v) is 12.6. The molecule has 4 rings (SSSR count). The van der Waals surface area contributed by atoms with Crippen LogP contribution in [-0.2, 0) is 14.8 Å². The average Bonchev–Trinajstić information content (AvgIpc) is 2.75. The number of benzene rings is 2. The van der Waals surface area contributed by atoms with Crippen molar-refractivity contribution in [3.05, 3.63) is 59.7 Å². The molecule has 2 atom stereocenters. The molecule has 1 heterocycles. The lowest BCUT2D eigenvalue weighted by Gasteiger charge is -2.36. The van der Waals surface area contributed by atoms with Gasteiger partial charge >= 0.3 is 0 Å². The molecule has 0 fully saturated rings. The maximum absolute atomic E-state index is 13.2. The van der Waals surface area contributed by atoms with Gasteiger partial charge in [-0.3, -0.25) is 14.2 Å². The van der Waals surface area contributed by atoms with Crippen molar-refractivity contribution < 1.29 is 14.2 Å². The van der Waals surface area contributed by atoms with Gasteiger partial charge in [0.25, 0.3) is 0 Å². The standard InChI is InChI=1S/C20H19N2O3P.2C2H6/c1-20(2)13-9-5-4-8-12(13)17(23)16(18(20)24)19-21-14-10-6-7-11-15(14)26(3,25)22-19;2*1-2/h4-11,16H,1-3H3,(H,21,22,25);2*1-2H3. The second kappa shape index (κ2) is 9.09. The molecule has 0 amide bonds. The molecule has 2 aromatic rings. The van der Waals surface area contributed by atoms with E-state index in [-0.39, 0.29) is 17.4 Å². The van der Waals surface area contributed by atoms with E-state index in [1.165, 1.54) is 0 Å². The fourth-order valence-corrected chi connectivity index (χ4v) is 5.38. The molecule has 0 aromatic heterocycles. The first-order chi connectivity index (χ1) is 14.2. The molecule has 2 aliphatic rings. The van der Waals surface area contributed by atoms with Crippen LogP contribution in [0, 0.1) is 5.92 Å². The third-order valence-electron chi connectivity index (χ3n) is 5.19. The van der Waals surface area contributed by atoms with Crippen LogP contribution in [0.2, 0.25) is 0 Å². The number of hydrogen-bond donors (Lipinski definition) is 1. The summed E-state index contributed by atoms with van der Waals surface area (Å²) in [6.07, 6.45) is 0. The Morgan fingerprint density at radius 3 is 2.17 bits per heavy atom. The number of Topliss-reactive ketones (excluding diaryl/α,β-unsaturated/α-hetero) is 2. The zero-order valence-corrected chi connectivity index (χ0v) is 19.7. The topological polar surface area (TPSA) is 75.6 Å². The molecule has 6 heteroatoms. The second-order valence-corrected chi connectivity index (χ2v) is 9.78. The number of para-hydroxylation sites is 1. The molecule has 160 valence electrons. The van der Waals surface area contributed by atoms with Crippen molar-refractivity contribution in [2.24, 2.45) is 10.7 Å². The van der Waals surface area contributed by atoms with Crippen molar-refractivity contribution in [1.29, 1.82) is 0 Å².